The molecule has 18 heavy (non-hydrogen) atoms. The van der Waals surface area contributed by atoms with Crippen molar-refractivity contribution in [3.8, 4) is 0 Å². The van der Waals surface area contributed by atoms with Gasteiger partial charge in [-0.05, 0) is 30.7 Å². The summed E-state index contributed by atoms with van der Waals surface area (Å²) in [6.07, 6.45) is 3.34. The number of likely N-dealkylation sites (N-methyl/N-ethyl adjacent to an activating group) is 1. The molecular weight excluding hydrogens is 228 g/mol. The maximum Gasteiger partial charge on any atom is 0.246 e. The predicted octanol–water partition coefficient (Wildman–Crippen LogP) is 1.78. The van der Waals surface area contributed by atoms with E-state index < -0.39 is 0 Å². The third kappa shape index (κ3) is 4.59. The van der Waals surface area contributed by atoms with Gasteiger partial charge in [0.25, 0.3) is 0 Å². The molecule has 0 saturated heterocycles. The number of benzene rings is 1. The Morgan fingerprint density at radius 1 is 1.50 bits per heavy atom. The highest BCUT2D eigenvalue weighted by Crippen LogP contribution is 2.08. The lowest BCUT2D eigenvalue weighted by atomic mass is 10.2. The number of ether oxygens (including phenoxy) is 1. The molecule has 0 heterocycles. The van der Waals surface area contributed by atoms with E-state index in [0.29, 0.717) is 25.4 Å². The van der Waals surface area contributed by atoms with Crippen LogP contribution < -0.4 is 5.73 Å². The van der Waals surface area contributed by atoms with Crippen LogP contribution in [0.15, 0.2) is 30.3 Å². The number of carbonyl (C=O) groups excluding carboxylic acids is 1. The topological polar surface area (TPSA) is 55.6 Å². The number of rotatable bonds is 6. The summed E-state index contributed by atoms with van der Waals surface area (Å²) in [6, 6.07) is 7.42. The summed E-state index contributed by atoms with van der Waals surface area (Å²) in [5.41, 5.74) is 7.28. The number of nitrogens with zero attached hydrogens (tertiary/aromatic N) is 1. The molecule has 0 aromatic heterocycles. The van der Waals surface area contributed by atoms with Gasteiger partial charge in [-0.1, -0.05) is 12.1 Å². The molecule has 1 aromatic rings. The van der Waals surface area contributed by atoms with Crippen LogP contribution in [0.4, 0.5) is 5.69 Å². The standard InChI is InChI=1S/C14H20N2O2/c1-3-16(9-10-18-2)14(17)8-7-12-5-4-6-13(15)11-12/h4-8,11H,3,9-10,15H2,1-2H3/b8-7+. The summed E-state index contributed by atoms with van der Waals surface area (Å²) in [6.45, 7) is 3.77. The Balaban J connectivity index is 2.62. The third-order valence-electron chi connectivity index (χ3n) is 2.59. The lowest BCUT2D eigenvalue weighted by Crippen LogP contribution is -2.32. The first-order valence-electron chi connectivity index (χ1n) is 5.98. The lowest BCUT2D eigenvalue weighted by Gasteiger charge is -2.18. The van der Waals surface area contributed by atoms with Crippen LogP contribution in [-0.4, -0.2) is 37.6 Å². The molecule has 0 fully saturated rings. The Morgan fingerprint density at radius 2 is 2.28 bits per heavy atom. The molecule has 4 heteroatoms. The highest BCUT2D eigenvalue weighted by atomic mass is 16.5. The maximum atomic E-state index is 11.9. The smallest absolute Gasteiger partial charge is 0.246 e. The minimum Gasteiger partial charge on any atom is -0.399 e. The second kappa shape index (κ2) is 7.50. The number of hydrogen-bond donors (Lipinski definition) is 1. The van der Waals surface area contributed by atoms with E-state index in [0.717, 1.165) is 5.56 Å². The van der Waals surface area contributed by atoms with Gasteiger partial charge in [-0.15, -0.1) is 0 Å². The number of hydrogen-bond acceptors (Lipinski definition) is 3. The van der Waals surface area contributed by atoms with Crippen molar-refractivity contribution in [1.82, 2.24) is 4.90 Å². The van der Waals surface area contributed by atoms with Crippen molar-refractivity contribution in [3.63, 3.8) is 0 Å². The van der Waals surface area contributed by atoms with Crippen LogP contribution in [0.5, 0.6) is 0 Å². The number of methoxy groups -OCH3 is 1. The molecule has 1 aromatic carbocycles. The van der Waals surface area contributed by atoms with Gasteiger partial charge in [-0.3, -0.25) is 4.79 Å². The van der Waals surface area contributed by atoms with Crippen molar-refractivity contribution in [2.24, 2.45) is 0 Å². The molecule has 4 nitrogen and oxygen atoms in total. The van der Waals surface area contributed by atoms with Crippen LogP contribution >= 0.6 is 0 Å². The van der Waals surface area contributed by atoms with Crippen molar-refractivity contribution < 1.29 is 9.53 Å². The highest BCUT2D eigenvalue weighted by molar-refractivity contribution is 5.91. The SMILES string of the molecule is CCN(CCOC)C(=O)/C=C/c1cccc(N)c1. The number of carbonyl (C=O) groups is 1. The average molecular weight is 248 g/mol. The van der Waals surface area contributed by atoms with E-state index in [1.54, 1.807) is 24.2 Å². The first-order chi connectivity index (χ1) is 8.67. The third-order valence-corrected chi connectivity index (χ3v) is 2.59. The molecule has 0 atom stereocenters. The van der Waals surface area contributed by atoms with E-state index in [2.05, 4.69) is 0 Å². The van der Waals surface area contributed by atoms with Crippen molar-refractivity contribution in [2.75, 3.05) is 32.5 Å². The van der Waals surface area contributed by atoms with Crippen LogP contribution in [0, 0.1) is 0 Å². The number of nitrogen functional groups attached to an aromatic ring is 1. The number of anilines is 1. The molecule has 1 rings (SSSR count). The molecule has 0 spiro atoms. The molecule has 0 unspecified atom stereocenters. The highest BCUT2D eigenvalue weighted by Gasteiger charge is 2.06. The van der Waals surface area contributed by atoms with Gasteiger partial charge in [-0.2, -0.15) is 0 Å². The summed E-state index contributed by atoms with van der Waals surface area (Å²) >= 11 is 0. The molecule has 1 amide bonds. The normalized spacial score (nSPS) is 10.8. The molecule has 98 valence electrons. The summed E-state index contributed by atoms with van der Waals surface area (Å²) < 4.78 is 4.97. The Labute approximate surface area is 108 Å². The Morgan fingerprint density at radius 3 is 2.89 bits per heavy atom. The number of nitrogens with two attached hydrogens (primary N) is 1. The van der Waals surface area contributed by atoms with Crippen molar-refractivity contribution in [1.29, 1.82) is 0 Å². The zero-order valence-electron chi connectivity index (χ0n) is 10.9. The van der Waals surface area contributed by atoms with E-state index in [-0.39, 0.29) is 5.91 Å². The monoisotopic (exact) mass is 248 g/mol. The van der Waals surface area contributed by atoms with E-state index in [1.165, 1.54) is 0 Å². The molecule has 0 aliphatic rings. The number of amides is 1. The fourth-order valence-corrected chi connectivity index (χ4v) is 1.56. The lowest BCUT2D eigenvalue weighted by molar-refractivity contribution is -0.126. The zero-order chi connectivity index (χ0) is 13.4. The summed E-state index contributed by atoms with van der Waals surface area (Å²) in [4.78, 5) is 13.6. The Hall–Kier alpha value is -1.81. The van der Waals surface area contributed by atoms with Gasteiger partial charge in [0.1, 0.15) is 0 Å². The average Bonchev–Trinajstić information content (AvgIpc) is 2.37. The van der Waals surface area contributed by atoms with Crippen molar-refractivity contribution >= 4 is 17.7 Å². The second-order valence-corrected chi connectivity index (χ2v) is 3.91. The van der Waals surface area contributed by atoms with Gasteiger partial charge in [0.2, 0.25) is 5.91 Å². The molecule has 0 radical (unpaired) electrons. The molecule has 0 aliphatic carbocycles. The van der Waals surface area contributed by atoms with E-state index in [1.807, 2.05) is 31.2 Å². The molecular formula is C14H20N2O2. The van der Waals surface area contributed by atoms with Gasteiger partial charge in [0.15, 0.2) is 0 Å². The van der Waals surface area contributed by atoms with E-state index >= 15 is 0 Å². The van der Waals surface area contributed by atoms with E-state index in [4.69, 9.17) is 10.5 Å². The maximum absolute atomic E-state index is 11.9. The summed E-state index contributed by atoms with van der Waals surface area (Å²) in [7, 11) is 1.63. The van der Waals surface area contributed by atoms with Crippen LogP contribution in [-0.2, 0) is 9.53 Å². The Kier molecular flexibility index (Phi) is 5.94. The van der Waals surface area contributed by atoms with Gasteiger partial charge in [0, 0.05) is 32.0 Å². The van der Waals surface area contributed by atoms with Crippen LogP contribution in [0.3, 0.4) is 0 Å². The summed E-state index contributed by atoms with van der Waals surface area (Å²) in [5, 5.41) is 0. The Bertz CT molecular complexity index is 416. The predicted molar refractivity (Wildman–Crippen MR) is 74.0 cm³/mol. The minimum absolute atomic E-state index is 0.0167. The fourth-order valence-electron chi connectivity index (χ4n) is 1.56. The van der Waals surface area contributed by atoms with Crippen LogP contribution in [0.1, 0.15) is 12.5 Å². The minimum atomic E-state index is -0.0167. The summed E-state index contributed by atoms with van der Waals surface area (Å²) in [5.74, 6) is -0.0167. The van der Waals surface area contributed by atoms with Gasteiger partial charge >= 0.3 is 0 Å². The van der Waals surface area contributed by atoms with Crippen molar-refractivity contribution in [3.05, 3.63) is 35.9 Å². The molecule has 0 aliphatic heterocycles. The van der Waals surface area contributed by atoms with Gasteiger partial charge in [0.05, 0.1) is 6.61 Å². The molecule has 0 saturated carbocycles. The van der Waals surface area contributed by atoms with E-state index in [9.17, 15) is 4.79 Å². The first-order valence-corrected chi connectivity index (χ1v) is 5.98. The van der Waals surface area contributed by atoms with Crippen LogP contribution in [0.2, 0.25) is 0 Å². The van der Waals surface area contributed by atoms with Gasteiger partial charge < -0.3 is 15.4 Å². The molecule has 0 bridgehead atoms. The largest absolute Gasteiger partial charge is 0.399 e. The van der Waals surface area contributed by atoms with Gasteiger partial charge in [-0.25, -0.2) is 0 Å². The second-order valence-electron chi connectivity index (χ2n) is 3.91. The quantitative estimate of drug-likeness (QED) is 0.616. The molecule has 2 N–H and O–H groups in total. The van der Waals surface area contributed by atoms with Crippen LogP contribution in [0.25, 0.3) is 6.08 Å². The first kappa shape index (κ1) is 14.3. The fraction of sp³-hybridized carbons (Fsp3) is 0.357. The zero-order valence-corrected chi connectivity index (χ0v) is 10.9. The van der Waals surface area contributed by atoms with Crippen molar-refractivity contribution in [2.45, 2.75) is 6.92 Å².